The van der Waals surface area contributed by atoms with Crippen LogP contribution < -0.4 is 5.56 Å². The second kappa shape index (κ2) is 6.72. The SMILES string of the molecule is CN(Cc1ccc2cc[nH]c2c1)C(=O)Cc1nn(C)c(=O)c2ccccc12. The molecule has 0 atom stereocenters. The second-order valence-corrected chi connectivity index (χ2v) is 6.75. The summed E-state index contributed by atoms with van der Waals surface area (Å²) in [7, 11) is 3.39. The monoisotopic (exact) mass is 360 g/mol. The number of rotatable bonds is 4. The van der Waals surface area contributed by atoms with Crippen molar-refractivity contribution in [2.24, 2.45) is 7.05 Å². The summed E-state index contributed by atoms with van der Waals surface area (Å²) in [6.07, 6.45) is 2.05. The number of aromatic nitrogens is 3. The topological polar surface area (TPSA) is 71.0 Å². The number of likely N-dealkylation sites (N-methyl/N-ethyl adjacent to an activating group) is 1. The lowest BCUT2D eigenvalue weighted by molar-refractivity contribution is -0.129. The molecular weight excluding hydrogens is 340 g/mol. The van der Waals surface area contributed by atoms with E-state index in [0.717, 1.165) is 21.9 Å². The minimum Gasteiger partial charge on any atom is -0.361 e. The van der Waals surface area contributed by atoms with Crippen LogP contribution in [0.5, 0.6) is 0 Å². The van der Waals surface area contributed by atoms with Crippen LogP contribution in [-0.2, 0) is 24.8 Å². The lowest BCUT2D eigenvalue weighted by Crippen LogP contribution is -2.29. The molecule has 1 amide bonds. The van der Waals surface area contributed by atoms with Gasteiger partial charge in [0.05, 0.1) is 17.5 Å². The maximum Gasteiger partial charge on any atom is 0.274 e. The van der Waals surface area contributed by atoms with Gasteiger partial charge in [-0.25, -0.2) is 4.68 Å². The van der Waals surface area contributed by atoms with E-state index in [-0.39, 0.29) is 17.9 Å². The molecule has 0 aliphatic heterocycles. The molecule has 0 fully saturated rings. The predicted octanol–water partition coefficient (Wildman–Crippen LogP) is 2.62. The van der Waals surface area contributed by atoms with Gasteiger partial charge in [-0.3, -0.25) is 9.59 Å². The molecule has 0 bridgehead atoms. The number of nitrogens with zero attached hydrogens (tertiary/aromatic N) is 3. The van der Waals surface area contributed by atoms with Crippen LogP contribution in [0.2, 0.25) is 0 Å². The van der Waals surface area contributed by atoms with E-state index in [1.807, 2.05) is 42.6 Å². The van der Waals surface area contributed by atoms with Gasteiger partial charge in [-0.2, -0.15) is 5.10 Å². The third-order valence-electron chi connectivity index (χ3n) is 4.82. The van der Waals surface area contributed by atoms with Gasteiger partial charge in [-0.05, 0) is 29.1 Å². The van der Waals surface area contributed by atoms with Crippen LogP contribution in [0, 0.1) is 0 Å². The molecule has 0 aliphatic rings. The largest absolute Gasteiger partial charge is 0.361 e. The third-order valence-corrected chi connectivity index (χ3v) is 4.82. The third kappa shape index (κ3) is 3.21. The van der Waals surface area contributed by atoms with Gasteiger partial charge in [0.1, 0.15) is 0 Å². The average molecular weight is 360 g/mol. The Labute approximate surface area is 156 Å². The lowest BCUT2D eigenvalue weighted by Gasteiger charge is -2.18. The minimum atomic E-state index is -0.158. The Morgan fingerprint density at radius 1 is 1.15 bits per heavy atom. The van der Waals surface area contributed by atoms with Crippen LogP contribution in [0.1, 0.15) is 11.3 Å². The number of carbonyl (C=O) groups is 1. The number of aromatic amines is 1. The summed E-state index contributed by atoms with van der Waals surface area (Å²) in [5.41, 5.74) is 2.57. The smallest absolute Gasteiger partial charge is 0.274 e. The maximum atomic E-state index is 12.8. The van der Waals surface area contributed by atoms with Crippen molar-refractivity contribution in [1.82, 2.24) is 19.7 Å². The molecule has 0 spiro atoms. The van der Waals surface area contributed by atoms with Gasteiger partial charge in [-0.15, -0.1) is 0 Å². The van der Waals surface area contributed by atoms with E-state index in [9.17, 15) is 9.59 Å². The highest BCUT2D eigenvalue weighted by Gasteiger charge is 2.15. The van der Waals surface area contributed by atoms with Crippen LogP contribution in [0.25, 0.3) is 21.7 Å². The zero-order valence-electron chi connectivity index (χ0n) is 15.3. The Balaban J connectivity index is 1.57. The molecule has 0 saturated carbocycles. The van der Waals surface area contributed by atoms with Crippen LogP contribution in [0.15, 0.2) is 59.5 Å². The summed E-state index contributed by atoms with van der Waals surface area (Å²) in [5.74, 6) is -0.0436. The fourth-order valence-corrected chi connectivity index (χ4v) is 3.34. The Morgan fingerprint density at radius 2 is 1.93 bits per heavy atom. The molecule has 4 rings (SSSR count). The van der Waals surface area contributed by atoms with E-state index in [4.69, 9.17) is 0 Å². The van der Waals surface area contributed by atoms with E-state index in [1.54, 1.807) is 25.1 Å². The van der Waals surface area contributed by atoms with Crippen molar-refractivity contribution in [3.05, 3.63) is 76.3 Å². The van der Waals surface area contributed by atoms with Crippen molar-refractivity contribution in [1.29, 1.82) is 0 Å². The Kier molecular flexibility index (Phi) is 4.24. The number of benzene rings is 2. The predicted molar refractivity (Wildman–Crippen MR) is 105 cm³/mol. The van der Waals surface area contributed by atoms with Crippen molar-refractivity contribution in [2.45, 2.75) is 13.0 Å². The van der Waals surface area contributed by atoms with Gasteiger partial charge < -0.3 is 9.88 Å². The van der Waals surface area contributed by atoms with Gasteiger partial charge in [0.2, 0.25) is 5.91 Å². The van der Waals surface area contributed by atoms with Gasteiger partial charge in [0.15, 0.2) is 0 Å². The summed E-state index contributed by atoms with van der Waals surface area (Å²) >= 11 is 0. The average Bonchev–Trinajstić information content (AvgIpc) is 3.13. The van der Waals surface area contributed by atoms with Crippen molar-refractivity contribution in [3.8, 4) is 0 Å². The number of H-pyrrole nitrogens is 1. The van der Waals surface area contributed by atoms with Crippen molar-refractivity contribution >= 4 is 27.6 Å². The number of aryl methyl sites for hydroxylation is 1. The zero-order valence-corrected chi connectivity index (χ0v) is 15.3. The molecule has 1 N–H and O–H groups in total. The molecule has 27 heavy (non-hydrogen) atoms. The summed E-state index contributed by atoms with van der Waals surface area (Å²) in [4.78, 5) is 29.9. The minimum absolute atomic E-state index is 0.0436. The zero-order chi connectivity index (χ0) is 19.0. The van der Waals surface area contributed by atoms with Crippen LogP contribution >= 0.6 is 0 Å². The van der Waals surface area contributed by atoms with E-state index in [2.05, 4.69) is 16.1 Å². The van der Waals surface area contributed by atoms with Crippen LogP contribution in [0.3, 0.4) is 0 Å². The highest BCUT2D eigenvalue weighted by atomic mass is 16.2. The quantitative estimate of drug-likeness (QED) is 0.608. The van der Waals surface area contributed by atoms with Crippen molar-refractivity contribution in [2.75, 3.05) is 7.05 Å². The van der Waals surface area contributed by atoms with Gasteiger partial charge in [0.25, 0.3) is 5.56 Å². The molecule has 2 aromatic heterocycles. The number of hydrogen-bond acceptors (Lipinski definition) is 3. The molecule has 0 saturated heterocycles. The normalized spacial score (nSPS) is 11.2. The number of hydrogen-bond donors (Lipinski definition) is 1. The van der Waals surface area contributed by atoms with Crippen molar-refractivity contribution in [3.63, 3.8) is 0 Å². The molecule has 4 aromatic rings. The van der Waals surface area contributed by atoms with Crippen molar-refractivity contribution < 1.29 is 4.79 Å². The fourth-order valence-electron chi connectivity index (χ4n) is 3.34. The molecule has 2 aromatic carbocycles. The first-order valence-corrected chi connectivity index (χ1v) is 8.78. The highest BCUT2D eigenvalue weighted by molar-refractivity contribution is 5.88. The molecular formula is C21H20N4O2. The fraction of sp³-hybridized carbons (Fsp3) is 0.190. The lowest BCUT2D eigenvalue weighted by atomic mass is 10.1. The molecule has 6 heteroatoms. The second-order valence-electron chi connectivity index (χ2n) is 6.75. The summed E-state index contributed by atoms with van der Waals surface area (Å²) < 4.78 is 1.30. The number of carbonyl (C=O) groups excluding carboxylic acids is 1. The molecule has 0 aliphatic carbocycles. The first kappa shape index (κ1) is 17.0. The molecule has 6 nitrogen and oxygen atoms in total. The Morgan fingerprint density at radius 3 is 2.74 bits per heavy atom. The Hall–Kier alpha value is -3.41. The van der Waals surface area contributed by atoms with E-state index in [0.29, 0.717) is 17.6 Å². The van der Waals surface area contributed by atoms with Crippen LogP contribution in [-0.4, -0.2) is 32.6 Å². The first-order valence-electron chi connectivity index (χ1n) is 8.78. The van der Waals surface area contributed by atoms with E-state index < -0.39 is 0 Å². The molecule has 136 valence electrons. The molecule has 0 unspecified atom stereocenters. The Bertz CT molecular complexity index is 1210. The number of amides is 1. The van der Waals surface area contributed by atoms with Gasteiger partial charge >= 0.3 is 0 Å². The summed E-state index contributed by atoms with van der Waals surface area (Å²) in [5, 5.41) is 6.78. The van der Waals surface area contributed by atoms with E-state index >= 15 is 0 Å². The first-order chi connectivity index (χ1) is 13.0. The molecule has 2 heterocycles. The molecule has 0 radical (unpaired) electrons. The van der Waals surface area contributed by atoms with E-state index in [1.165, 1.54) is 4.68 Å². The van der Waals surface area contributed by atoms with Crippen LogP contribution in [0.4, 0.5) is 0 Å². The number of fused-ring (bicyclic) bond motifs is 2. The van der Waals surface area contributed by atoms with Gasteiger partial charge in [0, 0.05) is 37.7 Å². The van der Waals surface area contributed by atoms with Gasteiger partial charge in [-0.1, -0.05) is 30.3 Å². The summed E-state index contributed by atoms with van der Waals surface area (Å²) in [6.45, 7) is 0.511. The summed E-state index contributed by atoms with van der Waals surface area (Å²) in [6, 6.07) is 15.4. The highest BCUT2D eigenvalue weighted by Crippen LogP contribution is 2.17. The maximum absolute atomic E-state index is 12.8. The number of nitrogens with one attached hydrogen (secondary N) is 1. The standard InChI is InChI=1S/C21H20N4O2/c1-24(13-14-7-8-15-9-10-22-18(15)11-14)20(26)12-19-16-5-3-4-6-17(16)21(27)25(2)23-19/h3-11,22H,12-13H2,1-2H3.